The van der Waals surface area contributed by atoms with Crippen LogP contribution in [-0.2, 0) is 16.4 Å². The predicted octanol–water partition coefficient (Wildman–Crippen LogP) is 4.61. The lowest BCUT2D eigenvalue weighted by Crippen LogP contribution is -2.37. The summed E-state index contributed by atoms with van der Waals surface area (Å²) in [4.78, 5) is 13.7. The summed E-state index contributed by atoms with van der Waals surface area (Å²) in [7, 11) is -1.38. The zero-order valence-electron chi connectivity index (χ0n) is 18.0. The second-order valence-corrected chi connectivity index (χ2v) is 8.73. The first kappa shape index (κ1) is 22.4. The number of ether oxygens (including phenoxy) is 2. The second kappa shape index (κ2) is 9.22. The first-order chi connectivity index (χ1) is 14.8. The van der Waals surface area contributed by atoms with E-state index >= 15 is 0 Å². The molecule has 3 rings (SSSR count). The maximum Gasteiger partial charge on any atom is 0.279 e. The van der Waals surface area contributed by atoms with Crippen molar-refractivity contribution in [1.29, 1.82) is 0 Å². The number of aryl methyl sites for hydroxylation is 2. The van der Waals surface area contributed by atoms with E-state index in [1.165, 1.54) is 26.4 Å². The normalized spacial score (nSPS) is 11.1. The Bertz CT molecular complexity index is 1150. The summed E-state index contributed by atoms with van der Waals surface area (Å²) in [6.45, 7) is 3.86. The maximum atomic E-state index is 13.7. The monoisotopic (exact) mass is 439 g/mol. The van der Waals surface area contributed by atoms with Gasteiger partial charge in [-0.1, -0.05) is 42.8 Å². The van der Waals surface area contributed by atoms with Crippen molar-refractivity contribution in [2.24, 2.45) is 0 Å². The van der Waals surface area contributed by atoms with Crippen LogP contribution in [0.2, 0.25) is 0 Å². The minimum atomic E-state index is -4.22. The molecule has 0 bridgehead atoms. The number of amides is 1. The van der Waals surface area contributed by atoms with Crippen molar-refractivity contribution in [2.45, 2.75) is 25.2 Å². The molecule has 0 unspecified atom stereocenters. The lowest BCUT2D eigenvalue weighted by Gasteiger charge is -2.24. The molecule has 6 nitrogen and oxygen atoms in total. The maximum absolute atomic E-state index is 13.7. The van der Waals surface area contributed by atoms with Crippen LogP contribution in [0.3, 0.4) is 0 Å². The zero-order valence-corrected chi connectivity index (χ0v) is 18.8. The van der Waals surface area contributed by atoms with Gasteiger partial charge in [-0.15, -0.1) is 0 Å². The van der Waals surface area contributed by atoms with Crippen molar-refractivity contribution < 1.29 is 22.7 Å². The Morgan fingerprint density at radius 3 is 1.90 bits per heavy atom. The Morgan fingerprint density at radius 2 is 1.42 bits per heavy atom. The Labute approximate surface area is 183 Å². The Kier molecular flexibility index (Phi) is 6.65. The van der Waals surface area contributed by atoms with Gasteiger partial charge in [0.2, 0.25) is 0 Å². The van der Waals surface area contributed by atoms with Gasteiger partial charge in [-0.2, -0.15) is 4.31 Å². The van der Waals surface area contributed by atoms with E-state index in [-0.39, 0.29) is 27.6 Å². The average Bonchev–Trinajstić information content (AvgIpc) is 2.79. The highest BCUT2D eigenvalue weighted by atomic mass is 32.2. The van der Waals surface area contributed by atoms with Gasteiger partial charge in [0.15, 0.2) is 0 Å². The van der Waals surface area contributed by atoms with Crippen molar-refractivity contribution in [3.05, 3.63) is 83.4 Å². The van der Waals surface area contributed by atoms with Gasteiger partial charge in [-0.25, -0.2) is 8.42 Å². The molecule has 3 aromatic carbocycles. The zero-order chi connectivity index (χ0) is 22.6. The molecule has 0 heterocycles. The van der Waals surface area contributed by atoms with Crippen LogP contribution in [0.25, 0.3) is 0 Å². The van der Waals surface area contributed by atoms with E-state index in [1.807, 2.05) is 13.8 Å². The number of anilines is 1. The lowest BCUT2D eigenvalue weighted by atomic mass is 10.1. The van der Waals surface area contributed by atoms with Gasteiger partial charge < -0.3 is 9.47 Å². The van der Waals surface area contributed by atoms with Gasteiger partial charge in [0.1, 0.15) is 17.1 Å². The van der Waals surface area contributed by atoms with Crippen LogP contribution >= 0.6 is 0 Å². The minimum absolute atomic E-state index is 0.0138. The van der Waals surface area contributed by atoms with Crippen molar-refractivity contribution in [1.82, 2.24) is 0 Å². The Hall–Kier alpha value is -3.32. The molecule has 0 fully saturated rings. The molecule has 3 aromatic rings. The Morgan fingerprint density at radius 1 is 0.871 bits per heavy atom. The third-order valence-electron chi connectivity index (χ3n) is 4.96. The van der Waals surface area contributed by atoms with Crippen LogP contribution in [0.15, 0.2) is 71.6 Å². The van der Waals surface area contributed by atoms with Crippen molar-refractivity contribution in [3.8, 4) is 11.5 Å². The van der Waals surface area contributed by atoms with E-state index in [9.17, 15) is 13.2 Å². The van der Waals surface area contributed by atoms with E-state index in [1.54, 1.807) is 54.6 Å². The van der Waals surface area contributed by atoms with E-state index in [4.69, 9.17) is 9.47 Å². The van der Waals surface area contributed by atoms with Crippen LogP contribution < -0.4 is 13.8 Å². The third kappa shape index (κ3) is 4.41. The summed E-state index contributed by atoms with van der Waals surface area (Å²) in [5.41, 5.74) is 2.20. The number of carbonyl (C=O) groups is 1. The van der Waals surface area contributed by atoms with E-state index in [0.717, 1.165) is 21.9 Å². The van der Waals surface area contributed by atoms with Crippen molar-refractivity contribution >= 4 is 21.6 Å². The topological polar surface area (TPSA) is 72.9 Å². The summed E-state index contributed by atoms with van der Waals surface area (Å²) in [6.07, 6.45) is 0.791. The number of benzene rings is 3. The molecule has 31 heavy (non-hydrogen) atoms. The molecule has 0 atom stereocenters. The number of hydrogen-bond donors (Lipinski definition) is 0. The van der Waals surface area contributed by atoms with Gasteiger partial charge in [0, 0.05) is 0 Å². The van der Waals surface area contributed by atoms with Crippen LogP contribution in [-0.4, -0.2) is 28.5 Å². The van der Waals surface area contributed by atoms with Crippen molar-refractivity contribution in [3.63, 3.8) is 0 Å². The molecular formula is C24H25NO5S. The average molecular weight is 440 g/mol. The van der Waals surface area contributed by atoms with Gasteiger partial charge >= 0.3 is 0 Å². The first-order valence-electron chi connectivity index (χ1n) is 9.79. The molecule has 0 aliphatic rings. The van der Waals surface area contributed by atoms with E-state index in [0.29, 0.717) is 0 Å². The minimum Gasteiger partial charge on any atom is -0.496 e. The Balaban J connectivity index is 2.24. The van der Waals surface area contributed by atoms with Gasteiger partial charge in [-0.3, -0.25) is 4.79 Å². The molecule has 1 amide bonds. The summed E-state index contributed by atoms with van der Waals surface area (Å²) < 4.78 is 38.8. The van der Waals surface area contributed by atoms with Crippen molar-refractivity contribution in [2.75, 3.05) is 18.5 Å². The third-order valence-corrected chi connectivity index (χ3v) is 6.69. The summed E-state index contributed by atoms with van der Waals surface area (Å²) in [5, 5.41) is 0. The molecule has 0 saturated heterocycles. The molecule has 7 heteroatoms. The summed E-state index contributed by atoms with van der Waals surface area (Å²) >= 11 is 0. The first-order valence-corrected chi connectivity index (χ1v) is 11.2. The molecule has 0 aliphatic carbocycles. The lowest BCUT2D eigenvalue weighted by molar-refractivity contribution is 0.0999. The number of nitrogens with zero attached hydrogens (tertiary/aromatic N) is 1. The van der Waals surface area contributed by atoms with Crippen LogP contribution in [0.4, 0.5) is 5.69 Å². The number of sulfonamides is 1. The molecule has 0 saturated carbocycles. The quantitative estimate of drug-likeness (QED) is 0.538. The number of carbonyl (C=O) groups excluding carboxylic acids is 1. The number of hydrogen-bond acceptors (Lipinski definition) is 5. The van der Waals surface area contributed by atoms with E-state index in [2.05, 4.69) is 0 Å². The molecule has 0 radical (unpaired) electrons. The molecule has 0 N–H and O–H groups in total. The molecule has 0 aliphatic heterocycles. The fraction of sp³-hybridized carbons (Fsp3) is 0.208. The summed E-state index contributed by atoms with van der Waals surface area (Å²) in [6, 6.07) is 18.1. The van der Waals surface area contributed by atoms with Crippen LogP contribution in [0, 0.1) is 6.92 Å². The highest BCUT2D eigenvalue weighted by Crippen LogP contribution is 2.34. The molecular weight excluding hydrogens is 414 g/mol. The SMILES string of the molecule is CCc1ccc(N(C(=O)c2c(OC)cccc2OC)S(=O)(=O)c2ccc(C)cc2)cc1. The molecule has 162 valence electrons. The smallest absolute Gasteiger partial charge is 0.279 e. The highest BCUT2D eigenvalue weighted by Gasteiger charge is 2.35. The second-order valence-electron chi connectivity index (χ2n) is 6.95. The fourth-order valence-corrected chi connectivity index (χ4v) is 4.61. The molecule has 0 aromatic heterocycles. The van der Waals surface area contributed by atoms with Gasteiger partial charge in [0.05, 0.1) is 24.8 Å². The van der Waals surface area contributed by atoms with Gasteiger partial charge in [-0.05, 0) is 55.3 Å². The number of methoxy groups -OCH3 is 2. The summed E-state index contributed by atoms with van der Waals surface area (Å²) in [5.74, 6) is -0.323. The van der Waals surface area contributed by atoms with Gasteiger partial charge in [0.25, 0.3) is 15.9 Å². The predicted molar refractivity (Wildman–Crippen MR) is 121 cm³/mol. The van der Waals surface area contributed by atoms with Crippen LogP contribution in [0.1, 0.15) is 28.4 Å². The number of rotatable bonds is 7. The van der Waals surface area contributed by atoms with E-state index < -0.39 is 15.9 Å². The largest absolute Gasteiger partial charge is 0.496 e. The highest BCUT2D eigenvalue weighted by molar-refractivity contribution is 7.93. The van der Waals surface area contributed by atoms with Crippen LogP contribution in [0.5, 0.6) is 11.5 Å². The molecule has 0 spiro atoms. The fourth-order valence-electron chi connectivity index (χ4n) is 3.21. The standard InChI is InChI=1S/C24H25NO5S/c1-5-18-11-13-19(14-12-18)25(31(27,28)20-15-9-17(2)10-16-20)24(26)23-21(29-3)7-6-8-22(23)30-4/h6-16H,5H2,1-4H3.